The lowest BCUT2D eigenvalue weighted by Gasteiger charge is -2.27. The molecule has 0 heterocycles. The number of carbonyl (C=O) groups excluding carboxylic acids is 4. The summed E-state index contributed by atoms with van der Waals surface area (Å²) in [6.45, 7) is 8.64. The number of nitrogens with two attached hydrogens (primary N) is 1. The molecule has 0 aliphatic heterocycles. The van der Waals surface area contributed by atoms with Gasteiger partial charge in [0.25, 0.3) is 0 Å². The summed E-state index contributed by atoms with van der Waals surface area (Å²) >= 11 is 0. The molecular formula is C25H37NO8. The summed E-state index contributed by atoms with van der Waals surface area (Å²) in [6, 6.07) is 4.61. The van der Waals surface area contributed by atoms with E-state index in [0.29, 0.717) is 12.0 Å². The number of hydrogen-bond acceptors (Lipinski definition) is 9. The van der Waals surface area contributed by atoms with E-state index in [1.807, 2.05) is 6.92 Å². The minimum atomic E-state index is -1.49. The number of esters is 4. The molecule has 9 heteroatoms. The van der Waals surface area contributed by atoms with Crippen LogP contribution in [0.3, 0.4) is 0 Å². The minimum absolute atomic E-state index is 0.0107. The second kappa shape index (κ2) is 13.7. The first-order valence-corrected chi connectivity index (χ1v) is 11.5. The van der Waals surface area contributed by atoms with Gasteiger partial charge in [-0.15, -0.1) is 0 Å². The number of carbonyl (C=O) groups is 4. The summed E-state index contributed by atoms with van der Waals surface area (Å²) in [4.78, 5) is 48.6. The Morgan fingerprint density at radius 2 is 1.56 bits per heavy atom. The zero-order chi connectivity index (χ0) is 25.9. The number of rotatable bonds is 13. The van der Waals surface area contributed by atoms with Crippen molar-refractivity contribution in [2.45, 2.75) is 72.3 Å². The highest BCUT2D eigenvalue weighted by atomic mass is 16.6. The first kappa shape index (κ1) is 29.1. The highest BCUT2D eigenvalue weighted by Gasteiger charge is 2.36. The maximum atomic E-state index is 12.5. The van der Waals surface area contributed by atoms with Gasteiger partial charge in [-0.25, -0.2) is 0 Å². The molecule has 1 rings (SSSR count). The summed E-state index contributed by atoms with van der Waals surface area (Å²) in [5.74, 6) is -2.69. The van der Waals surface area contributed by atoms with Gasteiger partial charge < -0.3 is 24.7 Å². The minimum Gasteiger partial charge on any atom is -0.468 e. The van der Waals surface area contributed by atoms with E-state index in [1.54, 1.807) is 33.8 Å². The van der Waals surface area contributed by atoms with Gasteiger partial charge in [0.1, 0.15) is 5.54 Å². The monoisotopic (exact) mass is 479 g/mol. The lowest BCUT2D eigenvalue weighted by atomic mass is 9.88. The Labute approximate surface area is 201 Å². The molecule has 34 heavy (non-hydrogen) atoms. The van der Waals surface area contributed by atoms with Crippen LogP contribution >= 0.6 is 0 Å². The first-order chi connectivity index (χ1) is 15.9. The molecule has 1 aromatic rings. The Kier molecular flexibility index (Phi) is 11.7. The molecule has 0 unspecified atom stereocenters. The van der Waals surface area contributed by atoms with Gasteiger partial charge in [-0.2, -0.15) is 0 Å². The maximum Gasteiger partial charge on any atom is 0.326 e. The van der Waals surface area contributed by atoms with Gasteiger partial charge in [0.15, 0.2) is 11.5 Å². The van der Waals surface area contributed by atoms with Gasteiger partial charge in [0.05, 0.1) is 25.6 Å². The Morgan fingerprint density at radius 3 is 2.09 bits per heavy atom. The summed E-state index contributed by atoms with van der Waals surface area (Å²) in [7, 11) is 1.22. The van der Waals surface area contributed by atoms with Crippen LogP contribution in [0.1, 0.15) is 65.9 Å². The van der Waals surface area contributed by atoms with Crippen LogP contribution in [0, 0.1) is 11.8 Å². The maximum absolute atomic E-state index is 12.5. The molecule has 0 saturated heterocycles. The van der Waals surface area contributed by atoms with Crippen LogP contribution < -0.4 is 15.2 Å². The fourth-order valence-electron chi connectivity index (χ4n) is 2.85. The van der Waals surface area contributed by atoms with Crippen molar-refractivity contribution in [3.63, 3.8) is 0 Å². The lowest BCUT2D eigenvalue weighted by Crippen LogP contribution is -2.51. The van der Waals surface area contributed by atoms with Gasteiger partial charge in [-0.3, -0.25) is 19.2 Å². The van der Waals surface area contributed by atoms with Crippen LogP contribution in [0.4, 0.5) is 0 Å². The third-order valence-electron chi connectivity index (χ3n) is 5.03. The second-order valence-corrected chi connectivity index (χ2v) is 8.83. The van der Waals surface area contributed by atoms with Crippen LogP contribution in [0.25, 0.3) is 0 Å². The smallest absolute Gasteiger partial charge is 0.326 e. The molecule has 0 aliphatic rings. The molecule has 1 aromatic carbocycles. The Bertz CT molecular complexity index is 864. The Hall–Kier alpha value is -2.94. The average molecular weight is 480 g/mol. The van der Waals surface area contributed by atoms with Crippen LogP contribution in [-0.2, 0) is 35.1 Å². The third-order valence-corrected chi connectivity index (χ3v) is 5.03. The predicted octanol–water partition coefficient (Wildman–Crippen LogP) is 3.35. The molecule has 2 N–H and O–H groups in total. The molecule has 0 spiro atoms. The molecule has 190 valence electrons. The lowest BCUT2D eigenvalue weighted by molar-refractivity contribution is -0.151. The van der Waals surface area contributed by atoms with Crippen LogP contribution in [0.2, 0.25) is 0 Å². The average Bonchev–Trinajstić information content (AvgIpc) is 2.78. The summed E-state index contributed by atoms with van der Waals surface area (Å²) in [5, 5.41) is 0. The molecule has 0 aliphatic carbocycles. The van der Waals surface area contributed by atoms with Gasteiger partial charge >= 0.3 is 23.9 Å². The fraction of sp³-hybridized carbons (Fsp3) is 0.600. The summed E-state index contributed by atoms with van der Waals surface area (Å²) in [6.07, 6.45) is 1.92. The van der Waals surface area contributed by atoms with E-state index in [9.17, 15) is 19.2 Å². The van der Waals surface area contributed by atoms with Crippen molar-refractivity contribution in [3.05, 3.63) is 23.8 Å². The Balaban J connectivity index is 3.13. The first-order valence-electron chi connectivity index (χ1n) is 11.5. The van der Waals surface area contributed by atoms with E-state index in [0.717, 1.165) is 12.8 Å². The molecule has 0 saturated carbocycles. The number of methoxy groups -OCH3 is 1. The molecule has 1 atom stereocenters. The van der Waals surface area contributed by atoms with Crippen molar-refractivity contribution in [1.82, 2.24) is 0 Å². The quantitative estimate of drug-likeness (QED) is 0.334. The van der Waals surface area contributed by atoms with Gasteiger partial charge in [-0.05, 0) is 24.1 Å². The molecule has 0 bridgehead atoms. The number of ether oxygens (including phenoxy) is 4. The number of benzene rings is 1. The van der Waals surface area contributed by atoms with E-state index < -0.39 is 29.4 Å². The zero-order valence-electron chi connectivity index (χ0n) is 21.0. The summed E-state index contributed by atoms with van der Waals surface area (Å²) in [5.41, 5.74) is 5.42. The highest BCUT2D eigenvalue weighted by Crippen LogP contribution is 2.31. The van der Waals surface area contributed by atoms with Crippen LogP contribution in [0.5, 0.6) is 11.5 Å². The van der Waals surface area contributed by atoms with Crippen molar-refractivity contribution in [1.29, 1.82) is 0 Å². The topological polar surface area (TPSA) is 131 Å². The van der Waals surface area contributed by atoms with Crippen molar-refractivity contribution >= 4 is 23.9 Å². The van der Waals surface area contributed by atoms with Crippen LogP contribution in [0.15, 0.2) is 18.2 Å². The van der Waals surface area contributed by atoms with E-state index in [4.69, 9.17) is 24.7 Å². The molecule has 0 aromatic heterocycles. The normalized spacial score (nSPS) is 12.7. The fourth-order valence-corrected chi connectivity index (χ4v) is 2.85. The molecule has 0 fully saturated rings. The molecule has 0 amide bonds. The van der Waals surface area contributed by atoms with Crippen LogP contribution in [-0.4, -0.2) is 43.1 Å². The van der Waals surface area contributed by atoms with Crippen molar-refractivity contribution < 1.29 is 38.1 Å². The largest absolute Gasteiger partial charge is 0.468 e. The molecule has 0 radical (unpaired) electrons. The van der Waals surface area contributed by atoms with Crippen molar-refractivity contribution in [2.75, 3.05) is 13.7 Å². The van der Waals surface area contributed by atoms with Gasteiger partial charge in [0.2, 0.25) is 0 Å². The standard InChI is InChI=1S/C25H37NO8/c1-7-8-9-21(27)32-13-12-25(26,24(30)31-6)15-18-10-11-19(33-22(28)16(2)3)20(14-18)34-23(29)17(4)5/h10-11,14,16-17H,7-9,12-13,15,26H2,1-6H3/t25-/m1/s1. The SMILES string of the molecule is CCCCC(=O)OCC[C@@](N)(Cc1ccc(OC(=O)C(C)C)c(OC(=O)C(C)C)c1)C(=O)OC. The molecule has 9 nitrogen and oxygen atoms in total. The third kappa shape index (κ3) is 9.13. The second-order valence-electron chi connectivity index (χ2n) is 8.83. The van der Waals surface area contributed by atoms with E-state index in [2.05, 4.69) is 0 Å². The Morgan fingerprint density at radius 1 is 0.971 bits per heavy atom. The van der Waals surface area contributed by atoms with E-state index in [-0.39, 0.29) is 42.8 Å². The van der Waals surface area contributed by atoms with Gasteiger partial charge in [-0.1, -0.05) is 47.1 Å². The molecular weight excluding hydrogens is 442 g/mol. The highest BCUT2D eigenvalue weighted by molar-refractivity contribution is 5.81. The van der Waals surface area contributed by atoms with Crippen molar-refractivity contribution in [3.8, 4) is 11.5 Å². The number of hydrogen-bond donors (Lipinski definition) is 1. The predicted molar refractivity (Wildman–Crippen MR) is 125 cm³/mol. The van der Waals surface area contributed by atoms with E-state index in [1.165, 1.54) is 19.2 Å². The van der Waals surface area contributed by atoms with E-state index >= 15 is 0 Å². The zero-order valence-corrected chi connectivity index (χ0v) is 21.0. The van der Waals surface area contributed by atoms with Crippen molar-refractivity contribution in [2.24, 2.45) is 17.6 Å². The summed E-state index contributed by atoms with van der Waals surface area (Å²) < 4.78 is 20.9. The van der Waals surface area contributed by atoms with Gasteiger partial charge in [0, 0.05) is 19.3 Å². The number of unbranched alkanes of at least 4 members (excludes halogenated alkanes) is 1.